The molecule has 3 aromatic rings. The Morgan fingerprint density at radius 1 is 0.975 bits per heavy atom. The normalized spacial score (nSPS) is 23.3. The Morgan fingerprint density at radius 2 is 1.62 bits per heavy atom. The van der Waals surface area contributed by atoms with Crippen molar-refractivity contribution < 1.29 is 18.9 Å². The van der Waals surface area contributed by atoms with Crippen LogP contribution in [0.5, 0.6) is 0 Å². The van der Waals surface area contributed by atoms with Crippen molar-refractivity contribution >= 4 is 34.2 Å². The van der Waals surface area contributed by atoms with E-state index in [1.165, 1.54) is 16.0 Å². The van der Waals surface area contributed by atoms with Crippen molar-refractivity contribution in [3.8, 4) is 0 Å². The minimum absolute atomic E-state index is 0.0514. The summed E-state index contributed by atoms with van der Waals surface area (Å²) in [6, 6.07) is 27.3. The van der Waals surface area contributed by atoms with Crippen LogP contribution in [0.15, 0.2) is 83.8 Å². The molecule has 0 aromatic heterocycles. The van der Waals surface area contributed by atoms with Crippen LogP contribution in [0, 0.1) is 12.8 Å². The second-order valence-electron chi connectivity index (χ2n) is 11.6. The first-order valence-corrected chi connectivity index (χ1v) is 16.3. The first-order chi connectivity index (χ1) is 19.3. The standard InChI is InChI=1S/C32H41B2O4PS/c1-22-16-17-26(32(3,4)5)18-28(22)40-31-29(37-20-25-14-10-7-11-15-25)30(39-34-33-35)23(2)27(38-31)21-36-19-24-12-8-6-9-13-24/h6-18,23,27,29-31,34,39H,19-21H2,1-5H3/t23-,27?,29?,30+,31+/m1/s1. The molecule has 0 N–H and O–H groups in total. The molecule has 1 saturated heterocycles. The molecule has 3 aromatic carbocycles. The van der Waals surface area contributed by atoms with Gasteiger partial charge in [0.15, 0.2) is 0 Å². The molecule has 0 amide bonds. The van der Waals surface area contributed by atoms with E-state index in [0.29, 0.717) is 35.2 Å². The Hall–Kier alpha value is -1.75. The Labute approximate surface area is 247 Å². The van der Waals surface area contributed by atoms with E-state index in [4.69, 9.17) is 14.2 Å². The second kappa shape index (κ2) is 14.9. The van der Waals surface area contributed by atoms with Crippen molar-refractivity contribution in [3.05, 3.63) is 101 Å². The number of hydrogen-bond donors (Lipinski definition) is 0. The average molecular weight is 574 g/mol. The van der Waals surface area contributed by atoms with E-state index >= 15 is 0 Å². The van der Waals surface area contributed by atoms with Crippen LogP contribution in [0.1, 0.15) is 49.9 Å². The van der Waals surface area contributed by atoms with Crippen LogP contribution < -0.4 is 0 Å². The predicted octanol–water partition coefficient (Wildman–Crippen LogP) is 6.91. The fraction of sp³-hybridized carbons (Fsp3) is 0.438. The maximum atomic E-state index is 11.5. The van der Waals surface area contributed by atoms with Crippen LogP contribution in [0.4, 0.5) is 0 Å². The van der Waals surface area contributed by atoms with Gasteiger partial charge < -0.3 is 0 Å². The molecule has 0 bridgehead atoms. The quantitative estimate of drug-likeness (QED) is 0.174. The SMILES string of the molecule is Cc1ccc(C(C)(C)C)cc1S[C@@H]1OC(COCc2ccccc2)[C@@H](C)[C@H](PBB=O)C1OCc1ccccc1. The third kappa shape index (κ3) is 8.63. The summed E-state index contributed by atoms with van der Waals surface area (Å²) in [4.78, 5) is 1.21. The Morgan fingerprint density at radius 3 is 2.25 bits per heavy atom. The van der Waals surface area contributed by atoms with Crippen molar-refractivity contribution in [2.24, 2.45) is 5.92 Å². The van der Waals surface area contributed by atoms with Gasteiger partial charge in [-0.15, -0.1) is 0 Å². The predicted molar refractivity (Wildman–Crippen MR) is 170 cm³/mol. The summed E-state index contributed by atoms with van der Waals surface area (Å²) >= 11 is 1.75. The molecule has 6 atom stereocenters. The van der Waals surface area contributed by atoms with Crippen LogP contribution in [0.3, 0.4) is 0 Å². The second-order valence-corrected chi connectivity index (χ2v) is 14.2. The van der Waals surface area contributed by atoms with E-state index in [0.717, 1.165) is 18.2 Å². The van der Waals surface area contributed by atoms with Crippen LogP contribution in [-0.2, 0) is 37.5 Å². The fourth-order valence-electron chi connectivity index (χ4n) is 4.98. The van der Waals surface area contributed by atoms with E-state index < -0.39 is 0 Å². The molecular formula is C32H41B2O4PS. The number of thioether (sulfide) groups is 1. The topological polar surface area (TPSA) is 44.8 Å². The molecule has 210 valence electrons. The zero-order valence-corrected chi connectivity index (χ0v) is 26.2. The average Bonchev–Trinajstić information content (AvgIpc) is 2.94. The Bertz CT molecular complexity index is 1210. The third-order valence-corrected chi connectivity index (χ3v) is 10.5. The van der Waals surface area contributed by atoms with E-state index in [2.05, 4.69) is 77.1 Å². The summed E-state index contributed by atoms with van der Waals surface area (Å²) in [7, 11) is 1.50. The number of rotatable bonds is 12. The van der Waals surface area contributed by atoms with E-state index in [-0.39, 0.29) is 34.6 Å². The van der Waals surface area contributed by atoms with Crippen molar-refractivity contribution in [2.75, 3.05) is 6.61 Å². The third-order valence-electron chi connectivity index (χ3n) is 7.50. The van der Waals surface area contributed by atoms with Gasteiger partial charge in [0.2, 0.25) is 0 Å². The molecular weight excluding hydrogens is 533 g/mol. The monoisotopic (exact) mass is 574 g/mol. The van der Waals surface area contributed by atoms with Gasteiger partial charge in [-0.25, -0.2) is 0 Å². The molecule has 4 nitrogen and oxygen atoms in total. The molecule has 8 heteroatoms. The summed E-state index contributed by atoms with van der Waals surface area (Å²) in [6.07, 6.45) is -0.241. The van der Waals surface area contributed by atoms with Crippen LogP contribution in [-0.4, -0.2) is 43.8 Å². The van der Waals surface area contributed by atoms with Gasteiger partial charge in [-0.1, -0.05) is 0 Å². The molecule has 0 spiro atoms. The molecule has 1 aliphatic heterocycles. The number of hydrogen-bond acceptors (Lipinski definition) is 5. The van der Waals surface area contributed by atoms with Gasteiger partial charge in [0.1, 0.15) is 0 Å². The van der Waals surface area contributed by atoms with Gasteiger partial charge in [0.05, 0.1) is 0 Å². The molecule has 40 heavy (non-hydrogen) atoms. The van der Waals surface area contributed by atoms with Crippen LogP contribution in [0.2, 0.25) is 0 Å². The van der Waals surface area contributed by atoms with Gasteiger partial charge in [0.25, 0.3) is 0 Å². The maximum absolute atomic E-state index is 11.5. The zero-order valence-electron chi connectivity index (χ0n) is 24.3. The fourth-order valence-corrected chi connectivity index (χ4v) is 7.86. The molecule has 1 heterocycles. The zero-order chi connectivity index (χ0) is 28.5. The summed E-state index contributed by atoms with van der Waals surface area (Å²) in [5.41, 5.74) is 4.83. The van der Waals surface area contributed by atoms with Gasteiger partial charge in [-0.3, -0.25) is 0 Å². The summed E-state index contributed by atoms with van der Waals surface area (Å²) in [5, 5.41) is 0. The van der Waals surface area contributed by atoms with Crippen molar-refractivity contribution in [2.45, 2.75) is 81.4 Å². The van der Waals surface area contributed by atoms with Crippen molar-refractivity contribution in [1.29, 1.82) is 0 Å². The van der Waals surface area contributed by atoms with E-state index in [1.54, 1.807) is 11.8 Å². The van der Waals surface area contributed by atoms with Gasteiger partial charge in [0, 0.05) is 0 Å². The van der Waals surface area contributed by atoms with Crippen LogP contribution >= 0.6 is 20.2 Å². The first kappa shape index (κ1) is 31.2. The summed E-state index contributed by atoms with van der Waals surface area (Å²) in [5.74, 6) is 0.189. The van der Waals surface area contributed by atoms with Crippen LogP contribution in [0.25, 0.3) is 0 Å². The molecule has 0 saturated carbocycles. The summed E-state index contributed by atoms with van der Waals surface area (Å²) < 4.78 is 31.3. The van der Waals surface area contributed by atoms with Gasteiger partial charge in [-0.05, 0) is 0 Å². The van der Waals surface area contributed by atoms with Gasteiger partial charge in [-0.2, -0.15) is 0 Å². The van der Waals surface area contributed by atoms with Gasteiger partial charge >= 0.3 is 248 Å². The Kier molecular flexibility index (Phi) is 11.6. The molecule has 4 rings (SSSR count). The van der Waals surface area contributed by atoms with Crippen molar-refractivity contribution in [1.82, 2.24) is 0 Å². The number of benzene rings is 3. The molecule has 0 radical (unpaired) electrons. The molecule has 3 unspecified atom stereocenters. The molecule has 0 aliphatic carbocycles. The first-order valence-electron chi connectivity index (χ1n) is 14.1. The van der Waals surface area contributed by atoms with Crippen molar-refractivity contribution in [3.63, 3.8) is 0 Å². The Balaban J connectivity index is 1.60. The number of aryl methyl sites for hydroxylation is 1. The minimum atomic E-state index is -0.219. The molecule has 1 aliphatic rings. The molecule has 1 fully saturated rings. The number of ether oxygens (including phenoxy) is 3. The van der Waals surface area contributed by atoms with E-state index in [1.807, 2.05) is 36.4 Å². The summed E-state index contributed by atoms with van der Waals surface area (Å²) in [6.45, 7) is 13.2. The van der Waals surface area contributed by atoms with E-state index in [9.17, 15) is 4.70 Å².